The Morgan fingerprint density at radius 3 is 2.42 bits per heavy atom. The van der Waals surface area contributed by atoms with Gasteiger partial charge in [0.05, 0.1) is 12.6 Å². The second kappa shape index (κ2) is 8.22. The first-order chi connectivity index (χ1) is 5.07. The van der Waals surface area contributed by atoms with E-state index in [0.29, 0.717) is 6.08 Å². The molecule has 0 saturated carbocycles. The fourth-order valence-corrected chi connectivity index (χ4v) is 0.506. The molecule has 6 heteroatoms. The van der Waals surface area contributed by atoms with Crippen LogP contribution in [0.25, 0.3) is 0 Å². The molecule has 0 bridgehead atoms. The van der Waals surface area contributed by atoms with Gasteiger partial charge in [0.25, 0.3) is 0 Å². The molecule has 0 aromatic heterocycles. The Bertz CT molecular complexity index is 202. The van der Waals surface area contributed by atoms with Gasteiger partial charge >= 0.3 is 57.4 Å². The molecule has 12 heavy (non-hydrogen) atoms. The van der Waals surface area contributed by atoms with Crippen LogP contribution >= 0.6 is 11.6 Å². The van der Waals surface area contributed by atoms with Crippen LogP contribution in [0.5, 0.6) is 0 Å². The number of carboxylic acid groups (broad SMARTS) is 1. The normalized spacial score (nSPS) is 10.0. The molecule has 0 radical (unpaired) electrons. The van der Waals surface area contributed by atoms with E-state index in [9.17, 15) is 14.7 Å². The van der Waals surface area contributed by atoms with Crippen molar-refractivity contribution in [1.82, 2.24) is 0 Å². The van der Waals surface area contributed by atoms with Gasteiger partial charge in [0.1, 0.15) is 5.03 Å². The Kier molecular flexibility index (Phi) is 10.3. The summed E-state index contributed by atoms with van der Waals surface area (Å²) in [6.07, 6.45) is 0.472. The average molecular weight is 217 g/mol. The smallest absolute Gasteiger partial charge is 0.545 e. The molecule has 0 aromatic carbocycles. The Balaban J connectivity index is 0. The quantitative estimate of drug-likeness (QED) is 0.278. The van der Waals surface area contributed by atoms with Crippen molar-refractivity contribution in [3.05, 3.63) is 11.1 Å². The van der Waals surface area contributed by atoms with Gasteiger partial charge in [-0.15, -0.1) is 0 Å². The number of aliphatic carboxylic acids is 1. The molecule has 0 fully saturated rings. The van der Waals surface area contributed by atoms with E-state index in [2.05, 4.69) is 4.74 Å². The van der Waals surface area contributed by atoms with Gasteiger partial charge in [-0.3, -0.25) is 0 Å². The van der Waals surface area contributed by atoms with Crippen molar-refractivity contribution in [2.45, 2.75) is 6.92 Å². The van der Waals surface area contributed by atoms with Gasteiger partial charge in [0.2, 0.25) is 0 Å². The van der Waals surface area contributed by atoms with Crippen LogP contribution in [-0.4, -0.2) is 18.5 Å². The van der Waals surface area contributed by atoms with Crippen molar-refractivity contribution in [2.75, 3.05) is 6.61 Å². The molecule has 0 heterocycles. The van der Waals surface area contributed by atoms with Gasteiger partial charge in [-0.05, 0) is 13.0 Å². The minimum Gasteiger partial charge on any atom is -0.545 e. The number of halogens is 1. The van der Waals surface area contributed by atoms with Crippen LogP contribution in [0.15, 0.2) is 11.1 Å². The third-order valence-electron chi connectivity index (χ3n) is 0.715. The summed E-state index contributed by atoms with van der Waals surface area (Å²) in [6.45, 7) is 1.73. The molecule has 0 spiro atoms. The third kappa shape index (κ3) is 7.27. The molecule has 0 atom stereocenters. The van der Waals surface area contributed by atoms with Crippen molar-refractivity contribution < 1.29 is 70.8 Å². The van der Waals surface area contributed by atoms with E-state index in [0.717, 1.165) is 0 Å². The predicted octanol–water partition coefficient (Wildman–Crippen LogP) is -3.57. The van der Waals surface area contributed by atoms with Crippen LogP contribution in [0.2, 0.25) is 0 Å². The van der Waals surface area contributed by atoms with Gasteiger partial charge in [-0.1, -0.05) is 11.6 Å². The molecule has 4 nitrogen and oxygen atoms in total. The zero-order valence-electron chi connectivity index (χ0n) is 6.80. The van der Waals surface area contributed by atoms with E-state index in [4.69, 9.17) is 11.6 Å². The summed E-state index contributed by atoms with van der Waals surface area (Å²) in [4.78, 5) is 20.4. The molecule has 0 rings (SSSR count). The van der Waals surface area contributed by atoms with Crippen LogP contribution in [0.4, 0.5) is 0 Å². The minimum atomic E-state index is -1.52. The van der Waals surface area contributed by atoms with E-state index < -0.39 is 17.0 Å². The molecule has 62 valence electrons. The number of esters is 1. The Morgan fingerprint density at radius 2 is 2.08 bits per heavy atom. The third-order valence-corrected chi connectivity index (χ3v) is 0.978. The fourth-order valence-electron chi connectivity index (χ4n) is 0.362. The number of carbonyl (C=O) groups is 2. The second-order valence-corrected chi connectivity index (χ2v) is 1.94. The van der Waals surface area contributed by atoms with Crippen molar-refractivity contribution in [3.8, 4) is 0 Å². The zero-order chi connectivity index (χ0) is 8.85. The summed E-state index contributed by atoms with van der Waals surface area (Å²) in [5.74, 6) is -2.39. The van der Waals surface area contributed by atoms with Crippen LogP contribution in [0.1, 0.15) is 6.92 Å². The van der Waals surface area contributed by atoms with E-state index in [-0.39, 0.29) is 58.0 Å². The molecule has 0 aromatic rings. The number of rotatable bonds is 3. The summed E-state index contributed by atoms with van der Waals surface area (Å²) in [7, 11) is 0. The van der Waals surface area contributed by atoms with E-state index in [1.54, 1.807) is 6.92 Å². The maximum absolute atomic E-state index is 10.6. The van der Waals surface area contributed by atoms with Crippen molar-refractivity contribution in [3.63, 3.8) is 0 Å². The Morgan fingerprint density at radius 1 is 1.58 bits per heavy atom. The predicted molar refractivity (Wildman–Crippen MR) is 35.6 cm³/mol. The molecule has 0 amide bonds. The number of hydrogen-bond acceptors (Lipinski definition) is 4. The maximum Gasteiger partial charge on any atom is 1.00 e. The summed E-state index contributed by atoms with van der Waals surface area (Å²) >= 11 is 5.17. The van der Waals surface area contributed by atoms with E-state index in [1.807, 2.05) is 0 Å². The number of carbonyl (C=O) groups excluding carboxylic acids is 2. The monoisotopic (exact) mass is 216 g/mol. The molecular weight excluding hydrogens is 211 g/mol. The van der Waals surface area contributed by atoms with Gasteiger partial charge in [0.15, 0.2) is 0 Å². The van der Waals surface area contributed by atoms with Crippen LogP contribution in [0, 0.1) is 0 Å². The van der Waals surface area contributed by atoms with E-state index >= 15 is 0 Å². The van der Waals surface area contributed by atoms with Crippen LogP contribution < -0.4 is 56.5 Å². The maximum atomic E-state index is 10.6. The van der Waals surface area contributed by atoms with Gasteiger partial charge in [-0.2, -0.15) is 0 Å². The van der Waals surface area contributed by atoms with Gasteiger partial charge < -0.3 is 14.6 Å². The van der Waals surface area contributed by atoms with Crippen LogP contribution in [0.3, 0.4) is 0 Å². The molecule has 0 aliphatic heterocycles. The second-order valence-electron chi connectivity index (χ2n) is 1.53. The van der Waals surface area contributed by atoms with E-state index in [1.165, 1.54) is 0 Å². The Hall–Kier alpha value is 0.606. The fraction of sp³-hybridized carbons (Fsp3) is 0.333. The number of hydrogen-bond donors (Lipinski definition) is 0. The summed E-state index contributed by atoms with van der Waals surface area (Å²) in [5, 5.41) is 9.35. The molecule has 0 aliphatic carbocycles. The summed E-state index contributed by atoms with van der Waals surface area (Å²) < 4.78 is 4.37. The topological polar surface area (TPSA) is 66.4 Å². The minimum absolute atomic E-state index is 0. The largest absolute Gasteiger partial charge is 1.00 e. The first-order valence-electron chi connectivity index (χ1n) is 2.83. The molecule has 0 saturated heterocycles. The number of ether oxygens (including phenoxy) is 1. The summed E-state index contributed by atoms with van der Waals surface area (Å²) in [5.41, 5.74) is 0. The first kappa shape index (κ1) is 15.1. The van der Waals surface area contributed by atoms with Gasteiger partial charge in [0, 0.05) is 0 Å². The molecule has 0 N–H and O–H groups in total. The zero-order valence-corrected chi connectivity index (χ0v) is 10.7. The van der Waals surface area contributed by atoms with Crippen molar-refractivity contribution >= 4 is 23.5 Å². The number of carboxylic acids is 1. The standard InChI is InChI=1S/C6H7ClO4.K/c1-2-11-6(10)4(7)3-5(8)9;/h3H,2H2,1H3,(H,8,9);/q;+1/p-1. The molecule has 0 unspecified atom stereocenters. The van der Waals surface area contributed by atoms with Crippen LogP contribution in [-0.2, 0) is 14.3 Å². The summed E-state index contributed by atoms with van der Waals surface area (Å²) in [6, 6.07) is 0. The average Bonchev–Trinajstić information content (AvgIpc) is 1.86. The Labute approximate surface area is 117 Å². The van der Waals surface area contributed by atoms with Crippen molar-refractivity contribution in [1.29, 1.82) is 0 Å². The SMILES string of the molecule is CCOC(=O)C(Cl)=CC(=O)[O-].[K+]. The van der Waals surface area contributed by atoms with Crippen molar-refractivity contribution in [2.24, 2.45) is 0 Å². The molecule has 0 aliphatic rings. The molecular formula is C6H6ClKO4. The van der Waals surface area contributed by atoms with Gasteiger partial charge in [-0.25, -0.2) is 4.79 Å². The first-order valence-corrected chi connectivity index (χ1v) is 3.21.